The normalized spacial score (nSPS) is 18.3. The molecule has 1 aliphatic heterocycles. The van der Waals surface area contributed by atoms with E-state index >= 15 is 0 Å². The van der Waals surface area contributed by atoms with Gasteiger partial charge in [0, 0.05) is 45.8 Å². The molecule has 5 heteroatoms. The van der Waals surface area contributed by atoms with Crippen molar-refractivity contribution < 1.29 is 9.90 Å². The summed E-state index contributed by atoms with van der Waals surface area (Å²) in [6.45, 7) is 8.98. The standard InChI is InChI=1S/C46H41N3O2/c1-29-11-16-33(17-12-29)48(34-18-13-30(2)14-19-34)35-20-22-37-38-23-21-36(27-42(38)46(3,4)41(37)26-35)49-43-10-6-9-39(43)40-25-31(15-24-44(40)49)7-5-8-32(28-47)45(50)51/h5,7-8,11-27,39,43H,6,9-10H2,1-4H3,(H,50,51). The van der Waals surface area contributed by atoms with E-state index < -0.39 is 5.97 Å². The Morgan fingerprint density at radius 3 is 2.10 bits per heavy atom. The first-order valence-corrected chi connectivity index (χ1v) is 17.8. The van der Waals surface area contributed by atoms with Gasteiger partial charge < -0.3 is 14.9 Å². The van der Waals surface area contributed by atoms with Crippen LogP contribution in [-0.4, -0.2) is 17.1 Å². The van der Waals surface area contributed by atoms with Gasteiger partial charge in [-0.2, -0.15) is 5.26 Å². The van der Waals surface area contributed by atoms with E-state index in [9.17, 15) is 9.90 Å². The van der Waals surface area contributed by atoms with Gasteiger partial charge in [-0.3, -0.25) is 0 Å². The van der Waals surface area contributed by atoms with Crippen molar-refractivity contribution in [3.05, 3.63) is 154 Å². The molecule has 51 heavy (non-hydrogen) atoms. The molecular formula is C46H41N3O2. The first-order chi connectivity index (χ1) is 24.6. The average molecular weight is 668 g/mol. The number of benzene rings is 5. The molecule has 252 valence electrons. The van der Waals surface area contributed by atoms with Crippen LogP contribution in [0.25, 0.3) is 17.2 Å². The quantitative estimate of drug-likeness (QED) is 0.106. The molecule has 0 bridgehead atoms. The van der Waals surface area contributed by atoms with E-state index in [0.717, 1.165) is 35.5 Å². The molecule has 1 fully saturated rings. The highest BCUT2D eigenvalue weighted by atomic mass is 16.4. The summed E-state index contributed by atoms with van der Waals surface area (Å²) in [6, 6.07) is 40.3. The number of rotatable bonds is 7. The molecule has 1 saturated carbocycles. The lowest BCUT2D eigenvalue weighted by molar-refractivity contribution is -0.132. The Balaban J connectivity index is 1.15. The van der Waals surface area contributed by atoms with Crippen molar-refractivity contribution in [3.8, 4) is 17.2 Å². The van der Waals surface area contributed by atoms with Crippen LogP contribution in [0.3, 0.4) is 0 Å². The van der Waals surface area contributed by atoms with Crippen LogP contribution in [0.15, 0.2) is 121 Å². The monoisotopic (exact) mass is 667 g/mol. The number of hydrogen-bond donors (Lipinski definition) is 1. The fourth-order valence-electron chi connectivity index (χ4n) is 8.56. The molecule has 5 aromatic carbocycles. The largest absolute Gasteiger partial charge is 0.477 e. The molecule has 0 saturated heterocycles. The average Bonchev–Trinajstić information content (AvgIpc) is 3.78. The van der Waals surface area contributed by atoms with Crippen LogP contribution < -0.4 is 9.80 Å². The summed E-state index contributed by atoms with van der Waals surface area (Å²) in [4.78, 5) is 16.2. The zero-order valence-corrected chi connectivity index (χ0v) is 29.5. The van der Waals surface area contributed by atoms with E-state index in [-0.39, 0.29) is 11.0 Å². The highest BCUT2D eigenvalue weighted by molar-refractivity contribution is 5.91. The van der Waals surface area contributed by atoms with E-state index in [1.807, 2.05) is 6.08 Å². The second-order valence-corrected chi connectivity index (χ2v) is 14.7. The lowest BCUT2D eigenvalue weighted by atomic mass is 9.82. The summed E-state index contributed by atoms with van der Waals surface area (Å²) in [5, 5.41) is 18.3. The molecule has 0 spiro atoms. The van der Waals surface area contributed by atoms with Gasteiger partial charge in [0.15, 0.2) is 0 Å². The van der Waals surface area contributed by atoms with Gasteiger partial charge in [-0.25, -0.2) is 4.79 Å². The van der Waals surface area contributed by atoms with Crippen LogP contribution in [0.1, 0.15) is 72.4 Å². The molecule has 2 unspecified atom stereocenters. The maximum absolute atomic E-state index is 11.2. The number of nitrogens with zero attached hydrogens (tertiary/aromatic N) is 3. The number of anilines is 5. The van der Waals surface area contributed by atoms with Gasteiger partial charge in [0.25, 0.3) is 0 Å². The number of fused-ring (bicyclic) bond motifs is 6. The first kappa shape index (κ1) is 32.4. The van der Waals surface area contributed by atoms with E-state index in [4.69, 9.17) is 5.26 Å². The summed E-state index contributed by atoms with van der Waals surface area (Å²) >= 11 is 0. The molecule has 0 radical (unpaired) electrons. The lowest BCUT2D eigenvalue weighted by Crippen LogP contribution is -2.27. The highest BCUT2D eigenvalue weighted by Crippen LogP contribution is 2.56. The predicted octanol–water partition coefficient (Wildman–Crippen LogP) is 11.4. The van der Waals surface area contributed by atoms with Crippen molar-refractivity contribution in [3.63, 3.8) is 0 Å². The van der Waals surface area contributed by atoms with E-state index in [0.29, 0.717) is 12.0 Å². The lowest BCUT2D eigenvalue weighted by Gasteiger charge is -2.30. The summed E-state index contributed by atoms with van der Waals surface area (Å²) < 4.78 is 0. The topological polar surface area (TPSA) is 67.6 Å². The minimum Gasteiger partial charge on any atom is -0.477 e. The molecule has 8 rings (SSSR count). The predicted molar refractivity (Wildman–Crippen MR) is 207 cm³/mol. The third kappa shape index (κ3) is 5.52. The van der Waals surface area contributed by atoms with Crippen LogP contribution in [0, 0.1) is 25.2 Å². The Kier molecular flexibility index (Phi) is 7.91. The Hall–Kier alpha value is -5.86. The second-order valence-electron chi connectivity index (χ2n) is 14.7. The van der Waals surface area contributed by atoms with Crippen LogP contribution in [0.4, 0.5) is 28.4 Å². The van der Waals surface area contributed by atoms with Gasteiger partial charge in [0.05, 0.1) is 0 Å². The first-order valence-electron chi connectivity index (χ1n) is 17.8. The fourth-order valence-corrected chi connectivity index (χ4v) is 8.56. The smallest absolute Gasteiger partial charge is 0.346 e. The maximum Gasteiger partial charge on any atom is 0.346 e. The molecule has 2 atom stereocenters. The number of allylic oxidation sites excluding steroid dienone is 2. The third-order valence-corrected chi connectivity index (χ3v) is 11.2. The van der Waals surface area contributed by atoms with Gasteiger partial charge in [-0.05, 0) is 127 Å². The van der Waals surface area contributed by atoms with Crippen molar-refractivity contribution in [1.82, 2.24) is 0 Å². The van der Waals surface area contributed by atoms with Crippen LogP contribution in [0.5, 0.6) is 0 Å². The zero-order chi connectivity index (χ0) is 35.4. The van der Waals surface area contributed by atoms with Crippen molar-refractivity contribution in [2.24, 2.45) is 0 Å². The number of aryl methyl sites for hydroxylation is 2. The number of carbonyl (C=O) groups is 1. The Labute approximate surface area is 300 Å². The van der Waals surface area contributed by atoms with Crippen molar-refractivity contribution >= 4 is 40.5 Å². The van der Waals surface area contributed by atoms with Gasteiger partial charge >= 0.3 is 5.97 Å². The molecule has 0 aromatic heterocycles. The van der Waals surface area contributed by atoms with Crippen LogP contribution in [0.2, 0.25) is 0 Å². The molecule has 2 aliphatic carbocycles. The van der Waals surface area contributed by atoms with Gasteiger partial charge in [0.1, 0.15) is 11.6 Å². The van der Waals surface area contributed by atoms with Crippen molar-refractivity contribution in [2.75, 3.05) is 9.80 Å². The molecule has 0 amide bonds. The fraction of sp³-hybridized carbons (Fsp3) is 0.217. The highest BCUT2D eigenvalue weighted by Gasteiger charge is 2.43. The van der Waals surface area contributed by atoms with E-state index in [2.05, 4.69) is 141 Å². The van der Waals surface area contributed by atoms with Crippen LogP contribution >= 0.6 is 0 Å². The van der Waals surface area contributed by atoms with Crippen molar-refractivity contribution in [2.45, 2.75) is 64.3 Å². The molecule has 1 heterocycles. The SMILES string of the molecule is Cc1ccc(N(c2ccc(C)cc2)c2ccc3c(c2)C(C)(C)c2cc(N4c5ccc(C=CC=C(C#N)C(=O)O)cc5C5CCCC54)ccc2-3)cc1. The summed E-state index contributed by atoms with van der Waals surface area (Å²) in [5.74, 6) is -0.763. The van der Waals surface area contributed by atoms with Gasteiger partial charge in [-0.15, -0.1) is 0 Å². The summed E-state index contributed by atoms with van der Waals surface area (Å²) in [6.07, 6.45) is 8.39. The molecule has 5 aromatic rings. The minimum atomic E-state index is -1.21. The summed E-state index contributed by atoms with van der Waals surface area (Å²) in [5.41, 5.74) is 15.6. The van der Waals surface area contributed by atoms with Crippen molar-refractivity contribution in [1.29, 1.82) is 5.26 Å². The zero-order valence-electron chi connectivity index (χ0n) is 29.5. The van der Waals surface area contributed by atoms with Crippen LogP contribution in [-0.2, 0) is 10.2 Å². The molecule has 3 aliphatic rings. The number of nitriles is 1. The molecule has 1 N–H and O–H groups in total. The Morgan fingerprint density at radius 1 is 0.824 bits per heavy atom. The van der Waals surface area contributed by atoms with Gasteiger partial charge in [-0.1, -0.05) is 86.0 Å². The van der Waals surface area contributed by atoms with E-state index in [1.165, 1.54) is 62.8 Å². The minimum absolute atomic E-state index is 0.194. The Morgan fingerprint density at radius 2 is 1.45 bits per heavy atom. The molecular weight excluding hydrogens is 627 g/mol. The third-order valence-electron chi connectivity index (χ3n) is 11.2. The number of hydrogen-bond acceptors (Lipinski definition) is 4. The Bertz CT molecular complexity index is 2240. The molecule has 5 nitrogen and oxygen atoms in total. The number of aliphatic carboxylic acids is 1. The second kappa shape index (κ2) is 12.5. The summed E-state index contributed by atoms with van der Waals surface area (Å²) in [7, 11) is 0. The van der Waals surface area contributed by atoms with E-state index in [1.54, 1.807) is 12.1 Å². The number of carboxylic acids is 1. The number of carboxylic acid groups (broad SMARTS) is 1. The van der Waals surface area contributed by atoms with Gasteiger partial charge in [0.2, 0.25) is 0 Å². The maximum atomic E-state index is 11.2.